The fraction of sp³-hybridized carbons (Fsp3) is 0.619. The van der Waals surface area contributed by atoms with E-state index in [4.69, 9.17) is 17.3 Å². The number of likely N-dealkylation sites (tertiary alicyclic amines) is 1. The number of hydrogen-bond acceptors (Lipinski definition) is 4. The van der Waals surface area contributed by atoms with E-state index < -0.39 is 6.04 Å². The Morgan fingerprint density at radius 3 is 2.68 bits per heavy atom. The van der Waals surface area contributed by atoms with Crippen molar-refractivity contribution in [3.05, 3.63) is 34.3 Å². The first-order valence-electron chi connectivity index (χ1n) is 9.85. The van der Waals surface area contributed by atoms with Crippen LogP contribution in [0.5, 0.6) is 0 Å². The van der Waals surface area contributed by atoms with Crippen LogP contribution in [0.15, 0.2) is 18.2 Å². The average molecular weight is 410 g/mol. The highest BCUT2D eigenvalue weighted by molar-refractivity contribution is 6.30. The van der Waals surface area contributed by atoms with Gasteiger partial charge in [0.1, 0.15) is 6.04 Å². The average Bonchev–Trinajstić information content (AvgIpc) is 3.12. The third kappa shape index (κ3) is 5.46. The zero-order valence-corrected chi connectivity index (χ0v) is 17.8. The molecule has 0 bridgehead atoms. The van der Waals surface area contributed by atoms with Gasteiger partial charge in [-0.25, -0.2) is 0 Å². The summed E-state index contributed by atoms with van der Waals surface area (Å²) in [4.78, 5) is 27.6. The highest BCUT2D eigenvalue weighted by Crippen LogP contribution is 2.32. The summed E-state index contributed by atoms with van der Waals surface area (Å²) < 4.78 is 0. The van der Waals surface area contributed by atoms with Gasteiger partial charge in [-0.15, -0.1) is 0 Å². The van der Waals surface area contributed by atoms with E-state index in [1.807, 2.05) is 26.8 Å². The molecule has 1 fully saturated rings. The van der Waals surface area contributed by atoms with Crippen molar-refractivity contribution in [3.63, 3.8) is 0 Å². The molecule has 156 valence electrons. The van der Waals surface area contributed by atoms with Gasteiger partial charge in [-0.05, 0) is 47.9 Å². The van der Waals surface area contributed by atoms with Crippen molar-refractivity contribution in [2.24, 2.45) is 17.1 Å². The number of nitrogens with zero attached hydrogens (tertiary/aromatic N) is 1. The highest BCUT2D eigenvalue weighted by atomic mass is 35.5. The summed E-state index contributed by atoms with van der Waals surface area (Å²) in [6, 6.07) is 4.97. The second kappa shape index (κ2) is 9.72. The second-order valence-electron chi connectivity index (χ2n) is 8.46. The predicted octanol–water partition coefficient (Wildman–Crippen LogP) is 2.45. The van der Waals surface area contributed by atoms with Gasteiger partial charge < -0.3 is 21.1 Å². The van der Waals surface area contributed by atoms with Gasteiger partial charge in [0.05, 0.1) is 0 Å². The molecule has 0 unspecified atom stereocenters. The van der Waals surface area contributed by atoms with Crippen molar-refractivity contribution in [1.29, 1.82) is 0 Å². The van der Waals surface area contributed by atoms with Crippen LogP contribution in [0.3, 0.4) is 0 Å². The summed E-state index contributed by atoms with van der Waals surface area (Å²) in [5.74, 6) is -0.530. The number of amides is 2. The van der Waals surface area contributed by atoms with Gasteiger partial charge in [0.25, 0.3) is 0 Å². The van der Waals surface area contributed by atoms with Gasteiger partial charge in [0, 0.05) is 37.2 Å². The zero-order valence-electron chi connectivity index (χ0n) is 17.0. The van der Waals surface area contributed by atoms with E-state index >= 15 is 0 Å². The Balaban J connectivity index is 2.08. The lowest BCUT2D eigenvalue weighted by Gasteiger charge is -2.34. The highest BCUT2D eigenvalue weighted by Gasteiger charge is 2.40. The molecule has 1 aliphatic heterocycles. The summed E-state index contributed by atoms with van der Waals surface area (Å²) in [5, 5.41) is 12.9. The minimum Gasteiger partial charge on any atom is -0.396 e. The molecule has 0 aliphatic carbocycles. The van der Waals surface area contributed by atoms with Gasteiger partial charge in [-0.1, -0.05) is 38.4 Å². The summed E-state index contributed by atoms with van der Waals surface area (Å²) >= 11 is 6.06. The Morgan fingerprint density at radius 1 is 1.36 bits per heavy atom. The molecule has 7 heteroatoms. The van der Waals surface area contributed by atoms with Crippen molar-refractivity contribution < 1.29 is 14.7 Å². The first kappa shape index (κ1) is 22.7. The minimum atomic E-state index is -0.475. The molecular weight excluding hydrogens is 378 g/mol. The smallest absolute Gasteiger partial charge is 0.243 e. The van der Waals surface area contributed by atoms with Crippen LogP contribution in [0.2, 0.25) is 5.02 Å². The monoisotopic (exact) mass is 409 g/mol. The number of hydrogen-bond donors (Lipinski definition) is 3. The van der Waals surface area contributed by atoms with Gasteiger partial charge in [0.2, 0.25) is 11.8 Å². The van der Waals surface area contributed by atoms with Gasteiger partial charge in [0.15, 0.2) is 0 Å². The SMILES string of the molecule is CC(C)(C)[C@@H](CCO)C(=O)N1CCC[C@H]1C(=O)NCc1cc(Cl)ccc1CN. The second-order valence-corrected chi connectivity index (χ2v) is 8.89. The van der Waals surface area contributed by atoms with Crippen molar-refractivity contribution in [3.8, 4) is 0 Å². The number of halogens is 1. The maximum Gasteiger partial charge on any atom is 0.243 e. The first-order chi connectivity index (χ1) is 13.2. The molecule has 0 aromatic heterocycles. The van der Waals surface area contributed by atoms with Gasteiger partial charge in [-0.3, -0.25) is 9.59 Å². The van der Waals surface area contributed by atoms with Crippen LogP contribution < -0.4 is 11.1 Å². The fourth-order valence-electron chi connectivity index (χ4n) is 3.82. The number of nitrogens with two attached hydrogens (primary N) is 1. The number of benzene rings is 1. The number of aliphatic hydroxyl groups is 1. The van der Waals surface area contributed by atoms with Crippen molar-refractivity contribution in [1.82, 2.24) is 10.2 Å². The minimum absolute atomic E-state index is 0.0466. The van der Waals surface area contributed by atoms with Crippen LogP contribution in [0.25, 0.3) is 0 Å². The molecule has 2 amide bonds. The Morgan fingerprint density at radius 2 is 2.07 bits per heavy atom. The Hall–Kier alpha value is -1.63. The largest absolute Gasteiger partial charge is 0.396 e. The lowest BCUT2D eigenvalue weighted by molar-refractivity contribution is -0.145. The van der Waals surface area contributed by atoms with E-state index in [1.54, 1.807) is 17.0 Å². The van der Waals surface area contributed by atoms with Crippen molar-refractivity contribution >= 4 is 23.4 Å². The molecule has 1 aromatic carbocycles. The molecule has 4 N–H and O–H groups in total. The van der Waals surface area contributed by atoms with E-state index in [0.29, 0.717) is 37.5 Å². The first-order valence-corrected chi connectivity index (χ1v) is 10.2. The number of carbonyl (C=O) groups is 2. The van der Waals surface area contributed by atoms with Crippen molar-refractivity contribution in [2.75, 3.05) is 13.2 Å². The molecular formula is C21H32ClN3O3. The van der Waals surface area contributed by atoms with E-state index in [-0.39, 0.29) is 29.8 Å². The molecule has 1 saturated heterocycles. The number of aliphatic hydroxyl groups excluding tert-OH is 1. The Bertz CT molecular complexity index is 703. The number of carbonyl (C=O) groups excluding carboxylic acids is 2. The number of nitrogens with one attached hydrogen (secondary N) is 1. The maximum absolute atomic E-state index is 13.1. The molecule has 0 radical (unpaired) electrons. The van der Waals surface area contributed by atoms with Crippen LogP contribution >= 0.6 is 11.6 Å². The van der Waals surface area contributed by atoms with Gasteiger partial charge in [-0.2, -0.15) is 0 Å². The summed E-state index contributed by atoms with van der Waals surface area (Å²) in [5.41, 5.74) is 7.30. The van der Waals surface area contributed by atoms with Gasteiger partial charge >= 0.3 is 0 Å². The molecule has 2 atom stereocenters. The van der Waals surface area contributed by atoms with Crippen LogP contribution in [0.1, 0.15) is 51.2 Å². The third-order valence-electron chi connectivity index (χ3n) is 5.44. The third-order valence-corrected chi connectivity index (χ3v) is 5.68. The number of rotatable bonds is 7. The molecule has 0 saturated carbocycles. The van der Waals surface area contributed by atoms with Crippen LogP contribution in [-0.2, 0) is 22.7 Å². The molecule has 2 rings (SSSR count). The molecule has 1 aliphatic rings. The Labute approximate surface area is 172 Å². The Kier molecular flexibility index (Phi) is 7.87. The van der Waals surface area contributed by atoms with Crippen LogP contribution in [0, 0.1) is 11.3 Å². The van der Waals surface area contributed by atoms with Crippen LogP contribution in [-0.4, -0.2) is 41.0 Å². The van der Waals surface area contributed by atoms with Crippen molar-refractivity contribution in [2.45, 2.75) is 59.2 Å². The van der Waals surface area contributed by atoms with Crippen LogP contribution in [0.4, 0.5) is 0 Å². The molecule has 1 heterocycles. The summed E-state index contributed by atoms with van der Waals surface area (Å²) in [6.45, 7) is 7.18. The molecule has 6 nitrogen and oxygen atoms in total. The normalized spacial score (nSPS) is 18.2. The summed E-state index contributed by atoms with van der Waals surface area (Å²) in [6.07, 6.45) is 1.84. The molecule has 28 heavy (non-hydrogen) atoms. The fourth-order valence-corrected chi connectivity index (χ4v) is 4.01. The van der Waals surface area contributed by atoms with E-state index in [0.717, 1.165) is 17.5 Å². The van der Waals surface area contributed by atoms with E-state index in [9.17, 15) is 14.7 Å². The summed E-state index contributed by atoms with van der Waals surface area (Å²) in [7, 11) is 0. The maximum atomic E-state index is 13.1. The lowest BCUT2D eigenvalue weighted by atomic mass is 9.78. The van der Waals surface area contributed by atoms with E-state index in [1.165, 1.54) is 0 Å². The molecule has 0 spiro atoms. The predicted molar refractivity (Wildman–Crippen MR) is 111 cm³/mol. The standard InChI is InChI=1S/C21H32ClN3O3/c1-21(2,3)17(8-10-26)20(28)25-9-4-5-18(25)19(27)24-13-15-11-16(22)7-6-14(15)12-23/h6-7,11,17-18,26H,4-5,8-10,12-13,23H2,1-3H3,(H,24,27)/t17-,18-/m0/s1. The topological polar surface area (TPSA) is 95.7 Å². The lowest BCUT2D eigenvalue weighted by Crippen LogP contribution is -2.49. The zero-order chi connectivity index (χ0) is 20.9. The molecule has 1 aromatic rings. The quantitative estimate of drug-likeness (QED) is 0.644. The van der Waals surface area contributed by atoms with E-state index in [2.05, 4.69) is 5.32 Å².